The molecule has 1 aromatic heterocycles. The van der Waals surface area contributed by atoms with Crippen molar-refractivity contribution in [3.05, 3.63) is 60.2 Å². The highest BCUT2D eigenvalue weighted by Crippen LogP contribution is 2.33. The van der Waals surface area contributed by atoms with Gasteiger partial charge in [0, 0.05) is 16.5 Å². The number of benzene rings is 3. The van der Waals surface area contributed by atoms with Crippen molar-refractivity contribution in [1.29, 1.82) is 5.41 Å². The molecule has 1 aliphatic carbocycles. The highest BCUT2D eigenvalue weighted by Gasteiger charge is 2.21. The Kier molecular flexibility index (Phi) is 6.52. The van der Waals surface area contributed by atoms with Crippen LogP contribution in [0.15, 0.2) is 54.6 Å². The molecule has 5 nitrogen and oxygen atoms in total. The smallest absolute Gasteiger partial charge is 0.213 e. The number of nitrogens with zero attached hydrogens (tertiary/aromatic N) is 1. The van der Waals surface area contributed by atoms with E-state index in [1.165, 1.54) is 25.7 Å². The van der Waals surface area contributed by atoms with Crippen LogP contribution in [-0.4, -0.2) is 29.3 Å². The zero-order valence-corrected chi connectivity index (χ0v) is 20.1. The molecule has 4 aromatic rings. The van der Waals surface area contributed by atoms with E-state index in [2.05, 4.69) is 53.5 Å². The summed E-state index contributed by atoms with van der Waals surface area (Å²) in [7, 11) is 0. The fraction of sp³-hybridized carbons (Fsp3) is 0.379. The van der Waals surface area contributed by atoms with Crippen molar-refractivity contribution < 1.29 is 9.47 Å². The van der Waals surface area contributed by atoms with Gasteiger partial charge in [0.25, 0.3) is 0 Å². The van der Waals surface area contributed by atoms with Crippen LogP contribution >= 0.6 is 0 Å². The maximum atomic E-state index is 8.11. The number of hydrogen-bond donors (Lipinski definition) is 2. The molecule has 2 atom stereocenters. The first-order valence-electron chi connectivity index (χ1n) is 12.5. The lowest BCUT2D eigenvalue weighted by Gasteiger charge is -2.28. The Balaban J connectivity index is 1.34. The Morgan fingerprint density at radius 1 is 1.03 bits per heavy atom. The summed E-state index contributed by atoms with van der Waals surface area (Å²) in [6.07, 6.45) is 6.62. The molecular weight excluding hydrogens is 422 g/mol. The first-order valence-corrected chi connectivity index (χ1v) is 12.5. The van der Waals surface area contributed by atoms with Crippen molar-refractivity contribution in [2.24, 2.45) is 11.8 Å². The number of hydrogen-bond acceptors (Lipinski definition) is 4. The lowest BCUT2D eigenvalue weighted by molar-refractivity contribution is 0.196. The summed E-state index contributed by atoms with van der Waals surface area (Å²) in [5.41, 5.74) is 3.62. The van der Waals surface area contributed by atoms with Crippen LogP contribution in [0.25, 0.3) is 32.9 Å². The molecule has 176 valence electrons. The molecule has 0 amide bonds. The molecule has 0 radical (unpaired) electrons. The van der Waals surface area contributed by atoms with Crippen LogP contribution < -0.4 is 4.74 Å². The van der Waals surface area contributed by atoms with Gasteiger partial charge in [-0.3, -0.25) is 10.5 Å². The monoisotopic (exact) mass is 455 g/mol. The summed E-state index contributed by atoms with van der Waals surface area (Å²) in [5.74, 6) is 2.75. The van der Waals surface area contributed by atoms with Gasteiger partial charge in [-0.2, -0.15) is 5.10 Å². The molecule has 3 aromatic carbocycles. The number of nitrogens with one attached hydrogen (secondary N) is 2. The minimum absolute atomic E-state index is 0.181. The van der Waals surface area contributed by atoms with Gasteiger partial charge < -0.3 is 9.47 Å². The van der Waals surface area contributed by atoms with E-state index < -0.39 is 0 Å². The Morgan fingerprint density at radius 3 is 2.71 bits per heavy atom. The molecule has 1 heterocycles. The number of H-pyrrole nitrogens is 1. The first-order chi connectivity index (χ1) is 16.6. The molecule has 0 spiro atoms. The Bertz CT molecular complexity index is 1310. The second-order valence-corrected chi connectivity index (χ2v) is 9.48. The van der Waals surface area contributed by atoms with Crippen LogP contribution in [0.4, 0.5) is 0 Å². The topological polar surface area (TPSA) is 71.0 Å². The molecule has 0 aliphatic heterocycles. The highest BCUT2D eigenvalue weighted by molar-refractivity contribution is 6.01. The Morgan fingerprint density at radius 2 is 1.85 bits per heavy atom. The average molecular weight is 456 g/mol. The molecule has 2 unspecified atom stereocenters. The van der Waals surface area contributed by atoms with Gasteiger partial charge in [-0.25, -0.2) is 0 Å². The van der Waals surface area contributed by atoms with Gasteiger partial charge in [-0.15, -0.1) is 0 Å². The second-order valence-electron chi connectivity index (χ2n) is 9.48. The fourth-order valence-corrected chi connectivity index (χ4v) is 5.21. The lowest BCUT2D eigenvalue weighted by atomic mass is 9.79. The van der Waals surface area contributed by atoms with Crippen LogP contribution in [0.2, 0.25) is 0 Å². The van der Waals surface area contributed by atoms with Crippen molar-refractivity contribution in [3.8, 4) is 17.0 Å². The van der Waals surface area contributed by atoms with Crippen molar-refractivity contribution in [3.63, 3.8) is 0 Å². The third-order valence-electron chi connectivity index (χ3n) is 7.25. The summed E-state index contributed by atoms with van der Waals surface area (Å²) < 4.78 is 11.5. The van der Waals surface area contributed by atoms with Crippen molar-refractivity contribution in [1.82, 2.24) is 10.2 Å². The average Bonchev–Trinajstić information content (AvgIpc) is 3.28. The molecular formula is C29H33N3O2. The van der Waals surface area contributed by atoms with Crippen LogP contribution in [0.3, 0.4) is 0 Å². The van der Waals surface area contributed by atoms with Crippen LogP contribution in [0.1, 0.15) is 51.5 Å². The molecule has 5 heteroatoms. The fourth-order valence-electron chi connectivity index (χ4n) is 5.21. The molecule has 2 N–H and O–H groups in total. The van der Waals surface area contributed by atoms with E-state index >= 15 is 0 Å². The maximum Gasteiger partial charge on any atom is 0.213 e. The summed E-state index contributed by atoms with van der Waals surface area (Å²) in [5, 5.41) is 19.1. The van der Waals surface area contributed by atoms with E-state index in [0.29, 0.717) is 6.61 Å². The SMILES string of the molecule is CCOC(=N)c1ccc2[nH]nc(-c3ccc4cc(OCCC5CCCCC5C)ccc4c3)c2c1. The van der Waals surface area contributed by atoms with Crippen molar-refractivity contribution >= 4 is 27.6 Å². The van der Waals surface area contributed by atoms with Gasteiger partial charge in [-0.1, -0.05) is 50.8 Å². The van der Waals surface area contributed by atoms with Crippen molar-refractivity contribution in [2.45, 2.75) is 46.0 Å². The standard InChI is InChI=1S/C29H33N3O2/c1-3-33-29(30)24-11-13-27-26(18-24)28(32-31-27)23-9-8-22-17-25(12-10-21(22)16-23)34-15-14-20-7-5-4-6-19(20)2/h8-13,16-20,30H,3-7,14-15H2,1-2H3,(H,31,32). The number of aromatic amines is 1. The van der Waals surface area contributed by atoms with Gasteiger partial charge in [0.05, 0.1) is 24.4 Å². The quantitative estimate of drug-likeness (QED) is 0.226. The van der Waals surface area contributed by atoms with E-state index in [1.807, 2.05) is 25.1 Å². The van der Waals surface area contributed by atoms with E-state index in [-0.39, 0.29) is 5.90 Å². The molecule has 1 saturated carbocycles. The predicted molar refractivity (Wildman–Crippen MR) is 139 cm³/mol. The molecule has 0 saturated heterocycles. The third-order valence-corrected chi connectivity index (χ3v) is 7.25. The summed E-state index contributed by atoms with van der Waals surface area (Å²) >= 11 is 0. The Labute approximate surface area is 201 Å². The number of ether oxygens (including phenoxy) is 2. The van der Waals surface area contributed by atoms with Crippen LogP contribution in [0.5, 0.6) is 5.75 Å². The van der Waals surface area contributed by atoms with Crippen molar-refractivity contribution in [2.75, 3.05) is 13.2 Å². The van der Waals surface area contributed by atoms with E-state index in [4.69, 9.17) is 14.9 Å². The third kappa shape index (κ3) is 4.65. The maximum absolute atomic E-state index is 8.11. The minimum atomic E-state index is 0.181. The number of rotatable bonds is 7. The molecule has 1 aliphatic rings. The zero-order valence-electron chi connectivity index (χ0n) is 20.1. The summed E-state index contributed by atoms with van der Waals surface area (Å²) in [6, 6.07) is 18.5. The lowest BCUT2D eigenvalue weighted by Crippen LogP contribution is -2.19. The molecule has 34 heavy (non-hydrogen) atoms. The molecule has 1 fully saturated rings. The molecule has 5 rings (SSSR count). The van der Waals surface area contributed by atoms with Gasteiger partial charge in [0.1, 0.15) is 5.75 Å². The predicted octanol–water partition coefficient (Wildman–Crippen LogP) is 7.34. The number of aromatic nitrogens is 2. The van der Waals surface area contributed by atoms with Gasteiger partial charge in [0.2, 0.25) is 5.90 Å². The largest absolute Gasteiger partial charge is 0.494 e. The minimum Gasteiger partial charge on any atom is -0.494 e. The van der Waals surface area contributed by atoms with Crippen LogP contribution in [0, 0.1) is 17.2 Å². The van der Waals surface area contributed by atoms with E-state index in [9.17, 15) is 0 Å². The second kappa shape index (κ2) is 9.88. The first kappa shape index (κ1) is 22.5. The number of fused-ring (bicyclic) bond motifs is 2. The normalized spacial score (nSPS) is 18.3. The van der Waals surface area contributed by atoms with E-state index in [1.54, 1.807) is 0 Å². The Hall–Kier alpha value is -3.34. The summed E-state index contributed by atoms with van der Waals surface area (Å²) in [6.45, 7) is 5.55. The zero-order chi connectivity index (χ0) is 23.5. The van der Waals surface area contributed by atoms with Gasteiger partial charge >= 0.3 is 0 Å². The molecule has 0 bridgehead atoms. The van der Waals surface area contributed by atoms with E-state index in [0.717, 1.165) is 69.1 Å². The van der Waals surface area contributed by atoms with Crippen LogP contribution in [-0.2, 0) is 4.74 Å². The van der Waals surface area contributed by atoms with Gasteiger partial charge in [-0.05, 0) is 72.4 Å². The van der Waals surface area contributed by atoms with Gasteiger partial charge in [0.15, 0.2) is 0 Å². The summed E-state index contributed by atoms with van der Waals surface area (Å²) in [4.78, 5) is 0. The highest BCUT2D eigenvalue weighted by atomic mass is 16.5.